The summed E-state index contributed by atoms with van der Waals surface area (Å²) in [4.78, 5) is 33.4. The Hall–Kier alpha value is -4.35. The van der Waals surface area contributed by atoms with Crippen LogP contribution in [0.2, 0.25) is 20.1 Å². The number of hydrogen-bond acceptors (Lipinski definition) is 7. The van der Waals surface area contributed by atoms with Crippen LogP contribution < -0.4 is 25.4 Å². The van der Waals surface area contributed by atoms with E-state index < -0.39 is 24.4 Å². The molecule has 1 amide bonds. The molecule has 0 atom stereocenters. The summed E-state index contributed by atoms with van der Waals surface area (Å²) in [6.45, 7) is 4.19. The summed E-state index contributed by atoms with van der Waals surface area (Å²) in [6.07, 6.45) is 7.24. The molecule has 14 heteroatoms. The summed E-state index contributed by atoms with van der Waals surface area (Å²) < 4.78 is 11.7. The van der Waals surface area contributed by atoms with Gasteiger partial charge in [0.05, 0.1) is 26.5 Å². The minimum absolute atomic E-state index is 0.131. The lowest BCUT2D eigenvalue weighted by Crippen LogP contribution is -2.29. The molecule has 6 rings (SSSR count). The molecular formula is C41H43Cl4N3O7. The van der Waals surface area contributed by atoms with E-state index in [1.165, 1.54) is 50.7 Å². The fourth-order valence-electron chi connectivity index (χ4n) is 6.06. The van der Waals surface area contributed by atoms with E-state index in [4.69, 9.17) is 66.1 Å². The lowest BCUT2D eigenvalue weighted by molar-refractivity contribution is -0.137. The maximum Gasteiger partial charge on any atom is 0.322 e. The zero-order chi connectivity index (χ0) is 39.6. The number of nitrogens with one attached hydrogen (secondary N) is 3. The van der Waals surface area contributed by atoms with Gasteiger partial charge in [-0.1, -0.05) is 58.5 Å². The monoisotopic (exact) mass is 829 g/mol. The van der Waals surface area contributed by atoms with Crippen molar-refractivity contribution in [1.29, 1.82) is 0 Å². The van der Waals surface area contributed by atoms with Crippen LogP contribution in [0.5, 0.6) is 11.5 Å². The van der Waals surface area contributed by atoms with Crippen molar-refractivity contribution in [3.63, 3.8) is 0 Å². The quantitative estimate of drug-likeness (QED) is 0.0790. The third kappa shape index (κ3) is 12.6. The number of carbonyl (C=O) groups excluding carboxylic acids is 1. The molecule has 2 aliphatic carbocycles. The number of carbonyl (C=O) groups is 3. The molecule has 2 aliphatic rings. The SMILES string of the molecule is Cc1cc(COc2c(Cl)cc(C(=O)NCC(=O)O)cc2Cl)cc(NC2CCC2)c1.Cc1cc(COc2c(Cl)cc(CC(=O)O)cc2Cl)cc(NC2CCC2)c1. The normalized spacial score (nSPS) is 13.7. The molecule has 0 bridgehead atoms. The van der Waals surface area contributed by atoms with Crippen LogP contribution >= 0.6 is 46.4 Å². The molecule has 10 nitrogen and oxygen atoms in total. The van der Waals surface area contributed by atoms with Gasteiger partial charge in [-0.2, -0.15) is 0 Å². The first-order valence-corrected chi connectivity index (χ1v) is 19.4. The molecule has 55 heavy (non-hydrogen) atoms. The number of benzene rings is 4. The number of ether oxygens (including phenoxy) is 2. The van der Waals surface area contributed by atoms with E-state index in [9.17, 15) is 14.4 Å². The Morgan fingerprint density at radius 3 is 1.44 bits per heavy atom. The number of aliphatic carboxylic acids is 2. The van der Waals surface area contributed by atoms with Gasteiger partial charge < -0.3 is 35.6 Å². The van der Waals surface area contributed by atoms with E-state index in [-0.39, 0.29) is 34.4 Å². The molecule has 0 unspecified atom stereocenters. The summed E-state index contributed by atoms with van der Waals surface area (Å²) in [5, 5.41) is 27.9. The Balaban J connectivity index is 0.000000212. The number of rotatable bonds is 15. The van der Waals surface area contributed by atoms with Crippen LogP contribution in [-0.4, -0.2) is 46.7 Å². The zero-order valence-electron chi connectivity index (χ0n) is 30.4. The van der Waals surface area contributed by atoms with Crippen LogP contribution in [0.3, 0.4) is 0 Å². The van der Waals surface area contributed by atoms with Crippen molar-refractivity contribution in [2.75, 3.05) is 17.2 Å². The Bertz CT molecular complexity index is 1990. The van der Waals surface area contributed by atoms with Gasteiger partial charge in [0.25, 0.3) is 5.91 Å². The van der Waals surface area contributed by atoms with Crippen LogP contribution in [0.15, 0.2) is 60.7 Å². The third-order valence-corrected chi connectivity index (χ3v) is 10.2. The standard InChI is InChI=1S/C21H22Cl2N2O4.C20H21Cl2NO3/c1-12-5-13(7-16(6-12)25-15-3-2-4-15)11-29-20-17(22)8-14(9-18(20)23)21(28)24-10-19(26)27;1-12-5-14(7-16(6-12)23-15-3-2-4-15)11-26-20-17(21)8-13(9-18(20)22)10-19(24)25/h5-9,15,25H,2-4,10-11H2,1H3,(H,24,28)(H,26,27);5-9,15,23H,2-4,10-11H2,1H3,(H,24,25). The molecule has 0 saturated heterocycles. The molecule has 292 valence electrons. The largest absolute Gasteiger partial charge is 0.486 e. The fourth-order valence-corrected chi connectivity index (χ4v) is 7.30. The van der Waals surface area contributed by atoms with E-state index >= 15 is 0 Å². The van der Waals surface area contributed by atoms with Crippen molar-refractivity contribution in [2.45, 2.75) is 84.1 Å². The first-order chi connectivity index (χ1) is 26.2. The van der Waals surface area contributed by atoms with Crippen LogP contribution in [0.1, 0.15) is 76.7 Å². The summed E-state index contributed by atoms with van der Waals surface area (Å²) in [6, 6.07) is 19.5. The summed E-state index contributed by atoms with van der Waals surface area (Å²) in [7, 11) is 0. The second-order valence-corrected chi connectivity index (χ2v) is 15.5. The van der Waals surface area contributed by atoms with E-state index in [0.29, 0.717) is 40.0 Å². The van der Waals surface area contributed by atoms with Crippen molar-refractivity contribution < 1.29 is 34.1 Å². The number of carboxylic acid groups (broad SMARTS) is 2. The van der Waals surface area contributed by atoms with Crippen molar-refractivity contribution >= 4 is 75.6 Å². The van der Waals surface area contributed by atoms with Gasteiger partial charge in [0.15, 0.2) is 11.5 Å². The first-order valence-electron chi connectivity index (χ1n) is 17.9. The van der Waals surface area contributed by atoms with Crippen molar-refractivity contribution in [3.8, 4) is 11.5 Å². The topological polar surface area (TPSA) is 146 Å². The Morgan fingerprint density at radius 1 is 0.618 bits per heavy atom. The fraction of sp³-hybridized carbons (Fsp3) is 0.341. The molecule has 0 aliphatic heterocycles. The second-order valence-electron chi connectivity index (χ2n) is 13.8. The van der Waals surface area contributed by atoms with Gasteiger partial charge in [-0.3, -0.25) is 14.4 Å². The molecule has 2 fully saturated rings. The highest BCUT2D eigenvalue weighted by Crippen LogP contribution is 2.37. The minimum Gasteiger partial charge on any atom is -0.486 e. The molecule has 5 N–H and O–H groups in total. The Kier molecular flexibility index (Phi) is 14.8. The van der Waals surface area contributed by atoms with E-state index in [2.05, 4.69) is 47.1 Å². The van der Waals surface area contributed by atoms with E-state index in [1.807, 2.05) is 19.1 Å². The van der Waals surface area contributed by atoms with Crippen LogP contribution in [0.25, 0.3) is 0 Å². The third-order valence-electron chi connectivity index (χ3n) is 9.07. The first kappa shape index (κ1) is 41.8. The predicted molar refractivity (Wildman–Crippen MR) is 218 cm³/mol. The van der Waals surface area contributed by atoms with Gasteiger partial charge in [0, 0.05) is 29.0 Å². The minimum atomic E-state index is -1.14. The Morgan fingerprint density at radius 2 is 1.05 bits per heavy atom. The van der Waals surface area contributed by atoms with Gasteiger partial charge in [0.1, 0.15) is 19.8 Å². The van der Waals surface area contributed by atoms with Crippen molar-refractivity contribution in [1.82, 2.24) is 5.32 Å². The second kappa shape index (κ2) is 19.5. The van der Waals surface area contributed by atoms with Gasteiger partial charge in [0.2, 0.25) is 0 Å². The van der Waals surface area contributed by atoms with Crippen LogP contribution in [0.4, 0.5) is 11.4 Å². The molecule has 0 spiro atoms. The summed E-state index contributed by atoms with van der Waals surface area (Å²) >= 11 is 24.9. The molecule has 2 saturated carbocycles. The Labute approximate surface area is 340 Å². The average Bonchev–Trinajstić information content (AvgIpc) is 3.06. The van der Waals surface area contributed by atoms with E-state index in [0.717, 1.165) is 33.6 Å². The lowest BCUT2D eigenvalue weighted by atomic mass is 9.93. The van der Waals surface area contributed by atoms with Crippen LogP contribution in [0, 0.1) is 13.8 Å². The zero-order valence-corrected chi connectivity index (χ0v) is 33.5. The molecule has 0 aromatic heterocycles. The maximum atomic E-state index is 12.0. The molecular weight excluding hydrogens is 788 g/mol. The lowest BCUT2D eigenvalue weighted by Gasteiger charge is -2.28. The number of anilines is 2. The van der Waals surface area contributed by atoms with Gasteiger partial charge in [-0.15, -0.1) is 0 Å². The number of amides is 1. The highest BCUT2D eigenvalue weighted by Gasteiger charge is 2.19. The maximum absolute atomic E-state index is 12.0. The highest BCUT2D eigenvalue weighted by atomic mass is 35.5. The van der Waals surface area contributed by atoms with Gasteiger partial charge in [-0.25, -0.2) is 0 Å². The molecule has 0 radical (unpaired) electrons. The number of hydrogen-bond donors (Lipinski definition) is 5. The summed E-state index contributed by atoms with van der Waals surface area (Å²) in [5.74, 6) is -2.00. The highest BCUT2D eigenvalue weighted by molar-refractivity contribution is 6.38. The van der Waals surface area contributed by atoms with Gasteiger partial charge in [-0.05, 0) is 129 Å². The van der Waals surface area contributed by atoms with Crippen molar-refractivity contribution in [2.24, 2.45) is 0 Å². The number of aryl methyl sites for hydroxylation is 2. The van der Waals surface area contributed by atoms with Crippen molar-refractivity contribution in [3.05, 3.63) is 114 Å². The smallest absolute Gasteiger partial charge is 0.322 e. The predicted octanol–water partition coefficient (Wildman–Crippen LogP) is 10.1. The van der Waals surface area contributed by atoms with Crippen LogP contribution in [-0.2, 0) is 29.2 Å². The molecule has 0 heterocycles. The molecule has 4 aromatic rings. The molecule has 4 aromatic carbocycles. The summed E-state index contributed by atoms with van der Waals surface area (Å²) in [5.41, 5.74) is 7.14. The van der Waals surface area contributed by atoms with Gasteiger partial charge >= 0.3 is 11.9 Å². The number of carboxylic acids is 2. The van der Waals surface area contributed by atoms with E-state index in [1.54, 1.807) is 12.1 Å². The average molecular weight is 832 g/mol. The number of halogens is 4.